The zero-order chi connectivity index (χ0) is 11.4. The van der Waals surface area contributed by atoms with Crippen LogP contribution in [0.2, 0.25) is 0 Å². The minimum Gasteiger partial charge on any atom is -0.330 e. The molecule has 2 saturated carbocycles. The molecule has 16 heavy (non-hydrogen) atoms. The third-order valence-corrected chi connectivity index (χ3v) is 4.76. The summed E-state index contributed by atoms with van der Waals surface area (Å²) in [5.41, 5.74) is 5.92. The molecule has 2 fully saturated rings. The molecule has 0 aliphatic heterocycles. The van der Waals surface area contributed by atoms with Crippen LogP contribution >= 0.6 is 0 Å². The van der Waals surface area contributed by atoms with Crippen molar-refractivity contribution in [3.05, 3.63) is 0 Å². The Morgan fingerprint density at radius 2 is 1.75 bits per heavy atom. The van der Waals surface area contributed by atoms with Gasteiger partial charge >= 0.3 is 0 Å². The Kier molecular flexibility index (Phi) is 4.66. The van der Waals surface area contributed by atoms with Crippen LogP contribution in [0.25, 0.3) is 0 Å². The van der Waals surface area contributed by atoms with Gasteiger partial charge in [0.25, 0.3) is 0 Å². The SMILES string of the molecule is CCN(C1CCCCC1)C1CCCC1CN. The Morgan fingerprint density at radius 1 is 1.00 bits per heavy atom. The molecule has 0 heterocycles. The summed E-state index contributed by atoms with van der Waals surface area (Å²) in [6.07, 6.45) is 11.4. The molecular weight excluding hydrogens is 196 g/mol. The average Bonchev–Trinajstić information content (AvgIpc) is 2.80. The van der Waals surface area contributed by atoms with Gasteiger partial charge in [-0.2, -0.15) is 0 Å². The van der Waals surface area contributed by atoms with Gasteiger partial charge in [-0.15, -0.1) is 0 Å². The van der Waals surface area contributed by atoms with Gasteiger partial charge in [-0.1, -0.05) is 32.6 Å². The van der Waals surface area contributed by atoms with Gasteiger partial charge in [-0.3, -0.25) is 4.90 Å². The summed E-state index contributed by atoms with van der Waals surface area (Å²) in [5.74, 6) is 0.780. The third kappa shape index (κ3) is 2.60. The molecule has 2 nitrogen and oxygen atoms in total. The lowest BCUT2D eigenvalue weighted by molar-refractivity contribution is 0.0895. The van der Waals surface area contributed by atoms with E-state index in [1.807, 2.05) is 0 Å². The number of nitrogens with two attached hydrogens (primary N) is 1. The normalized spacial score (nSPS) is 32.4. The van der Waals surface area contributed by atoms with Crippen molar-refractivity contribution < 1.29 is 0 Å². The third-order valence-electron chi connectivity index (χ3n) is 4.76. The van der Waals surface area contributed by atoms with Crippen LogP contribution in [0.15, 0.2) is 0 Å². The largest absolute Gasteiger partial charge is 0.330 e. The van der Waals surface area contributed by atoms with E-state index in [1.54, 1.807) is 0 Å². The molecule has 2 heteroatoms. The maximum atomic E-state index is 5.92. The number of hydrogen-bond acceptors (Lipinski definition) is 2. The van der Waals surface area contributed by atoms with Gasteiger partial charge in [0.05, 0.1) is 0 Å². The molecule has 0 amide bonds. The predicted molar refractivity (Wildman–Crippen MR) is 69.4 cm³/mol. The highest BCUT2D eigenvalue weighted by atomic mass is 15.2. The quantitative estimate of drug-likeness (QED) is 0.795. The van der Waals surface area contributed by atoms with E-state index in [9.17, 15) is 0 Å². The molecule has 2 unspecified atom stereocenters. The minimum atomic E-state index is 0.780. The van der Waals surface area contributed by atoms with Gasteiger partial charge in [-0.25, -0.2) is 0 Å². The number of hydrogen-bond donors (Lipinski definition) is 1. The fourth-order valence-electron chi connectivity index (χ4n) is 3.90. The number of rotatable bonds is 4. The van der Waals surface area contributed by atoms with Crippen LogP contribution in [0.3, 0.4) is 0 Å². The van der Waals surface area contributed by atoms with E-state index in [4.69, 9.17) is 5.73 Å². The van der Waals surface area contributed by atoms with Gasteiger partial charge in [0.15, 0.2) is 0 Å². The molecule has 0 spiro atoms. The molecule has 2 atom stereocenters. The minimum absolute atomic E-state index is 0.780. The van der Waals surface area contributed by atoms with Crippen LogP contribution in [0.1, 0.15) is 58.3 Å². The van der Waals surface area contributed by atoms with Gasteiger partial charge in [-0.05, 0) is 44.7 Å². The molecule has 2 rings (SSSR count). The smallest absolute Gasteiger partial charge is 0.0138 e. The zero-order valence-electron chi connectivity index (χ0n) is 10.8. The van der Waals surface area contributed by atoms with Crippen molar-refractivity contribution >= 4 is 0 Å². The second kappa shape index (κ2) is 6.02. The Morgan fingerprint density at radius 3 is 2.38 bits per heavy atom. The lowest BCUT2D eigenvalue weighted by atomic mass is 9.91. The molecule has 0 saturated heterocycles. The first-order valence-corrected chi connectivity index (χ1v) is 7.32. The van der Waals surface area contributed by atoms with Crippen molar-refractivity contribution in [2.75, 3.05) is 13.1 Å². The zero-order valence-corrected chi connectivity index (χ0v) is 10.8. The van der Waals surface area contributed by atoms with Crippen molar-refractivity contribution in [2.45, 2.75) is 70.4 Å². The molecule has 2 aliphatic rings. The van der Waals surface area contributed by atoms with E-state index in [0.717, 1.165) is 24.5 Å². The maximum absolute atomic E-state index is 5.92. The Hall–Kier alpha value is -0.0800. The summed E-state index contributed by atoms with van der Waals surface area (Å²) in [6, 6.07) is 1.67. The highest BCUT2D eigenvalue weighted by molar-refractivity contribution is 4.89. The van der Waals surface area contributed by atoms with Crippen molar-refractivity contribution in [1.82, 2.24) is 4.90 Å². The van der Waals surface area contributed by atoms with Crippen molar-refractivity contribution in [1.29, 1.82) is 0 Å². The molecular formula is C14H28N2. The molecule has 0 bridgehead atoms. The lowest BCUT2D eigenvalue weighted by Crippen LogP contribution is -2.47. The van der Waals surface area contributed by atoms with Crippen molar-refractivity contribution in [2.24, 2.45) is 11.7 Å². The van der Waals surface area contributed by atoms with E-state index in [0.29, 0.717) is 0 Å². The first-order valence-electron chi connectivity index (χ1n) is 7.32. The first-order chi connectivity index (χ1) is 7.86. The molecule has 2 N–H and O–H groups in total. The van der Waals surface area contributed by atoms with Gasteiger partial charge in [0.2, 0.25) is 0 Å². The summed E-state index contributed by atoms with van der Waals surface area (Å²) in [5, 5.41) is 0. The number of nitrogens with zero attached hydrogens (tertiary/aromatic N) is 1. The molecule has 0 aromatic rings. The highest BCUT2D eigenvalue weighted by Gasteiger charge is 2.34. The summed E-state index contributed by atoms with van der Waals surface area (Å²) in [4.78, 5) is 2.80. The fraction of sp³-hybridized carbons (Fsp3) is 1.00. The second-order valence-corrected chi connectivity index (χ2v) is 5.62. The van der Waals surface area contributed by atoms with E-state index in [2.05, 4.69) is 11.8 Å². The van der Waals surface area contributed by atoms with Gasteiger partial charge < -0.3 is 5.73 Å². The van der Waals surface area contributed by atoms with Crippen LogP contribution in [0, 0.1) is 5.92 Å². The summed E-state index contributed by atoms with van der Waals surface area (Å²) in [6.45, 7) is 4.46. The molecule has 94 valence electrons. The van der Waals surface area contributed by atoms with E-state index in [1.165, 1.54) is 57.9 Å². The summed E-state index contributed by atoms with van der Waals surface area (Å²) >= 11 is 0. The standard InChI is InChI=1S/C14H28N2/c1-2-16(13-8-4-3-5-9-13)14-10-6-7-12(14)11-15/h12-14H,2-11,15H2,1H3. The van der Waals surface area contributed by atoms with Crippen molar-refractivity contribution in [3.63, 3.8) is 0 Å². The van der Waals surface area contributed by atoms with Crippen LogP contribution in [0.4, 0.5) is 0 Å². The predicted octanol–water partition coefficient (Wildman–Crippen LogP) is 2.77. The lowest BCUT2D eigenvalue weighted by Gasteiger charge is -2.40. The van der Waals surface area contributed by atoms with Crippen LogP contribution in [0.5, 0.6) is 0 Å². The first kappa shape index (κ1) is 12.4. The Bertz CT molecular complexity index is 199. The van der Waals surface area contributed by atoms with Gasteiger partial charge in [0, 0.05) is 12.1 Å². The van der Waals surface area contributed by atoms with Crippen LogP contribution in [-0.4, -0.2) is 30.1 Å². The van der Waals surface area contributed by atoms with Gasteiger partial charge in [0.1, 0.15) is 0 Å². The molecule has 2 aliphatic carbocycles. The average molecular weight is 224 g/mol. The Balaban J connectivity index is 1.97. The summed E-state index contributed by atoms with van der Waals surface area (Å²) in [7, 11) is 0. The maximum Gasteiger partial charge on any atom is 0.0138 e. The topological polar surface area (TPSA) is 29.3 Å². The fourth-order valence-corrected chi connectivity index (χ4v) is 3.90. The molecule has 0 aromatic heterocycles. The monoisotopic (exact) mass is 224 g/mol. The highest BCUT2D eigenvalue weighted by Crippen LogP contribution is 2.33. The van der Waals surface area contributed by atoms with Crippen LogP contribution in [-0.2, 0) is 0 Å². The van der Waals surface area contributed by atoms with E-state index < -0.39 is 0 Å². The van der Waals surface area contributed by atoms with Crippen LogP contribution < -0.4 is 5.73 Å². The summed E-state index contributed by atoms with van der Waals surface area (Å²) < 4.78 is 0. The molecule has 0 aromatic carbocycles. The second-order valence-electron chi connectivity index (χ2n) is 5.62. The molecule has 0 radical (unpaired) electrons. The Labute approximate surface area is 101 Å². The van der Waals surface area contributed by atoms with E-state index in [-0.39, 0.29) is 0 Å². The van der Waals surface area contributed by atoms with Crippen molar-refractivity contribution in [3.8, 4) is 0 Å². The van der Waals surface area contributed by atoms with E-state index >= 15 is 0 Å².